The molecule has 0 radical (unpaired) electrons. The molecule has 0 aromatic heterocycles. The van der Waals surface area contributed by atoms with Gasteiger partial charge in [0.2, 0.25) is 5.91 Å². The molecule has 2 aromatic rings. The first-order chi connectivity index (χ1) is 13.4. The molecule has 0 fully saturated rings. The monoisotopic (exact) mass is 420 g/mol. The average molecular weight is 420 g/mol. The van der Waals surface area contributed by atoms with Crippen molar-refractivity contribution in [2.45, 2.75) is 20.8 Å². The van der Waals surface area contributed by atoms with Crippen molar-refractivity contribution >= 4 is 33.2 Å². The van der Waals surface area contributed by atoms with Gasteiger partial charge >= 0.3 is 10.2 Å². The molecule has 0 aliphatic heterocycles. The number of nitro groups is 1. The van der Waals surface area contributed by atoms with Gasteiger partial charge in [0.1, 0.15) is 6.54 Å². The van der Waals surface area contributed by atoms with Crippen molar-refractivity contribution in [2.24, 2.45) is 0 Å². The average Bonchev–Trinajstić information content (AvgIpc) is 2.63. The number of carbonyl (C=O) groups excluding carboxylic acids is 1. The van der Waals surface area contributed by atoms with Gasteiger partial charge in [-0.25, -0.2) is 4.31 Å². The number of hydrogen-bond donors (Lipinski definition) is 1. The lowest BCUT2D eigenvalue weighted by Gasteiger charge is -2.28. The summed E-state index contributed by atoms with van der Waals surface area (Å²) < 4.78 is 27.8. The van der Waals surface area contributed by atoms with Crippen LogP contribution in [0.1, 0.15) is 16.7 Å². The Labute approximate surface area is 170 Å². The van der Waals surface area contributed by atoms with Crippen molar-refractivity contribution in [2.75, 3.05) is 30.3 Å². The Morgan fingerprint density at radius 1 is 1.07 bits per heavy atom. The first kappa shape index (κ1) is 22.3. The molecule has 1 amide bonds. The largest absolute Gasteiger partial charge is 0.324 e. The smallest absolute Gasteiger partial charge is 0.304 e. The number of aryl methyl sites for hydroxylation is 3. The highest BCUT2D eigenvalue weighted by atomic mass is 32.2. The molecular formula is C19H24N4O5S. The maximum Gasteiger partial charge on any atom is 0.304 e. The van der Waals surface area contributed by atoms with E-state index in [-0.39, 0.29) is 11.4 Å². The summed E-state index contributed by atoms with van der Waals surface area (Å²) in [6, 6.07) is 9.44. The maximum absolute atomic E-state index is 12.9. The molecule has 10 heteroatoms. The molecule has 1 N–H and O–H groups in total. The van der Waals surface area contributed by atoms with Crippen molar-refractivity contribution < 1.29 is 18.1 Å². The van der Waals surface area contributed by atoms with Crippen LogP contribution in [0.25, 0.3) is 0 Å². The van der Waals surface area contributed by atoms with Gasteiger partial charge in [-0.1, -0.05) is 18.2 Å². The Kier molecular flexibility index (Phi) is 6.60. The number of hydrogen-bond acceptors (Lipinski definition) is 5. The number of nitrogens with zero attached hydrogens (tertiary/aromatic N) is 3. The predicted molar refractivity (Wildman–Crippen MR) is 112 cm³/mol. The van der Waals surface area contributed by atoms with Crippen LogP contribution in [0.5, 0.6) is 0 Å². The molecule has 0 heterocycles. The van der Waals surface area contributed by atoms with Crippen LogP contribution in [0.15, 0.2) is 36.4 Å². The Balaban J connectivity index is 2.40. The van der Waals surface area contributed by atoms with Crippen LogP contribution in [0.2, 0.25) is 0 Å². The topological polar surface area (TPSA) is 113 Å². The molecule has 156 valence electrons. The zero-order valence-corrected chi connectivity index (χ0v) is 17.8. The van der Waals surface area contributed by atoms with E-state index in [0.29, 0.717) is 16.8 Å². The number of anilines is 2. The lowest BCUT2D eigenvalue weighted by atomic mass is 10.1. The summed E-state index contributed by atoms with van der Waals surface area (Å²) in [4.78, 5) is 23.1. The van der Waals surface area contributed by atoms with E-state index < -0.39 is 27.6 Å². The van der Waals surface area contributed by atoms with Crippen LogP contribution in [0, 0.1) is 30.9 Å². The number of nitrogens with one attached hydrogen (secondary N) is 1. The van der Waals surface area contributed by atoms with E-state index in [1.54, 1.807) is 26.0 Å². The summed E-state index contributed by atoms with van der Waals surface area (Å²) in [5, 5.41) is 13.6. The molecule has 0 atom stereocenters. The Morgan fingerprint density at radius 3 is 2.28 bits per heavy atom. The number of non-ortho nitro benzene ring substituents is 1. The molecule has 2 rings (SSSR count). The Hall–Kier alpha value is -2.98. The highest BCUT2D eigenvalue weighted by molar-refractivity contribution is 7.90. The first-order valence-electron chi connectivity index (χ1n) is 8.76. The van der Waals surface area contributed by atoms with Gasteiger partial charge in [-0.2, -0.15) is 12.7 Å². The third-order valence-corrected chi connectivity index (χ3v) is 6.17. The number of amides is 1. The van der Waals surface area contributed by atoms with Gasteiger partial charge in [0, 0.05) is 26.2 Å². The van der Waals surface area contributed by atoms with E-state index in [1.807, 2.05) is 13.0 Å². The Bertz CT molecular complexity index is 1050. The van der Waals surface area contributed by atoms with Crippen LogP contribution in [-0.4, -0.2) is 44.2 Å². The van der Waals surface area contributed by atoms with Gasteiger partial charge in [-0.3, -0.25) is 14.9 Å². The van der Waals surface area contributed by atoms with Crippen LogP contribution < -0.4 is 9.62 Å². The van der Waals surface area contributed by atoms with Crippen molar-refractivity contribution in [3.8, 4) is 0 Å². The summed E-state index contributed by atoms with van der Waals surface area (Å²) in [6.45, 7) is 4.80. The summed E-state index contributed by atoms with van der Waals surface area (Å²) in [7, 11) is -1.18. The summed E-state index contributed by atoms with van der Waals surface area (Å²) in [6.07, 6.45) is 0. The van der Waals surface area contributed by atoms with E-state index in [1.165, 1.54) is 32.3 Å². The fourth-order valence-corrected chi connectivity index (χ4v) is 3.77. The van der Waals surface area contributed by atoms with Crippen LogP contribution in [0.4, 0.5) is 17.1 Å². The standard InChI is InChI=1S/C19H24N4O5S/c1-13-6-7-15(3)18(10-13)22(29(27,28)21(4)5)12-19(24)20-17-11-16(23(25)26)9-8-14(17)2/h6-11H,12H2,1-5H3,(H,20,24). The quantitative estimate of drug-likeness (QED) is 0.547. The predicted octanol–water partition coefficient (Wildman–Crippen LogP) is 2.77. The van der Waals surface area contributed by atoms with Crippen LogP contribution in [0.3, 0.4) is 0 Å². The number of carbonyl (C=O) groups is 1. The summed E-state index contributed by atoms with van der Waals surface area (Å²) in [5.41, 5.74) is 2.65. The van der Waals surface area contributed by atoms with E-state index in [0.717, 1.165) is 14.2 Å². The Morgan fingerprint density at radius 2 is 1.69 bits per heavy atom. The third kappa shape index (κ3) is 5.09. The zero-order chi connectivity index (χ0) is 21.9. The van der Waals surface area contributed by atoms with E-state index in [9.17, 15) is 23.3 Å². The van der Waals surface area contributed by atoms with Gasteiger partial charge in [-0.15, -0.1) is 0 Å². The number of benzene rings is 2. The van der Waals surface area contributed by atoms with Gasteiger partial charge < -0.3 is 5.32 Å². The highest BCUT2D eigenvalue weighted by Crippen LogP contribution is 2.26. The minimum atomic E-state index is -3.95. The molecule has 0 bridgehead atoms. The molecule has 0 aliphatic rings. The fraction of sp³-hybridized carbons (Fsp3) is 0.316. The van der Waals surface area contributed by atoms with Crippen LogP contribution in [-0.2, 0) is 15.0 Å². The minimum absolute atomic E-state index is 0.168. The fourth-order valence-electron chi connectivity index (χ4n) is 2.65. The van der Waals surface area contributed by atoms with E-state index in [2.05, 4.69) is 5.32 Å². The van der Waals surface area contributed by atoms with Crippen molar-refractivity contribution in [1.29, 1.82) is 0 Å². The normalized spacial score (nSPS) is 11.4. The zero-order valence-electron chi connectivity index (χ0n) is 17.0. The molecular weight excluding hydrogens is 396 g/mol. The lowest BCUT2D eigenvalue weighted by Crippen LogP contribution is -2.44. The van der Waals surface area contributed by atoms with E-state index in [4.69, 9.17) is 0 Å². The second-order valence-electron chi connectivity index (χ2n) is 6.89. The minimum Gasteiger partial charge on any atom is -0.324 e. The molecule has 9 nitrogen and oxygen atoms in total. The molecule has 0 spiro atoms. The second-order valence-corrected chi connectivity index (χ2v) is 8.96. The SMILES string of the molecule is Cc1ccc(C)c(N(CC(=O)Nc2cc([N+](=O)[O-])ccc2C)S(=O)(=O)N(C)C)c1. The van der Waals surface area contributed by atoms with Crippen molar-refractivity contribution in [3.63, 3.8) is 0 Å². The van der Waals surface area contributed by atoms with Gasteiger partial charge in [-0.05, 0) is 43.5 Å². The second kappa shape index (κ2) is 8.58. The molecule has 0 saturated carbocycles. The summed E-state index contributed by atoms with van der Waals surface area (Å²) in [5.74, 6) is -0.611. The maximum atomic E-state index is 12.9. The van der Waals surface area contributed by atoms with Gasteiger partial charge in [0.05, 0.1) is 16.3 Å². The van der Waals surface area contributed by atoms with Gasteiger partial charge in [0.25, 0.3) is 5.69 Å². The van der Waals surface area contributed by atoms with Crippen molar-refractivity contribution in [1.82, 2.24) is 4.31 Å². The molecule has 0 saturated heterocycles. The molecule has 0 aliphatic carbocycles. The highest BCUT2D eigenvalue weighted by Gasteiger charge is 2.28. The van der Waals surface area contributed by atoms with Crippen molar-refractivity contribution in [3.05, 3.63) is 63.2 Å². The number of rotatable bonds is 7. The van der Waals surface area contributed by atoms with Gasteiger partial charge in [0.15, 0.2) is 0 Å². The van der Waals surface area contributed by atoms with E-state index >= 15 is 0 Å². The van der Waals surface area contributed by atoms with Crippen LogP contribution >= 0.6 is 0 Å². The number of nitro benzene ring substituents is 1. The summed E-state index contributed by atoms with van der Waals surface area (Å²) >= 11 is 0. The molecule has 29 heavy (non-hydrogen) atoms. The third-order valence-electron chi connectivity index (χ3n) is 4.37. The molecule has 0 unspecified atom stereocenters. The lowest BCUT2D eigenvalue weighted by molar-refractivity contribution is -0.384. The first-order valence-corrected chi connectivity index (χ1v) is 10.2. The molecule has 2 aromatic carbocycles.